The van der Waals surface area contributed by atoms with Crippen LogP contribution in [0.5, 0.6) is 5.75 Å². The molecule has 2 aromatic carbocycles. The molecule has 3 amide bonds. The van der Waals surface area contributed by atoms with Gasteiger partial charge in [0.15, 0.2) is 0 Å². The number of methoxy groups -OCH3 is 1. The van der Waals surface area contributed by atoms with Crippen molar-refractivity contribution in [2.24, 2.45) is 5.73 Å². The number of hydrogen-bond donors (Lipinski definition) is 3. The molecular weight excluding hydrogens is 422 g/mol. The Labute approximate surface area is 193 Å². The lowest BCUT2D eigenvalue weighted by Gasteiger charge is -2.38. The number of carbonyl (C=O) groups excluding carboxylic acids is 3. The van der Waals surface area contributed by atoms with Crippen molar-refractivity contribution in [3.8, 4) is 5.75 Å². The Morgan fingerprint density at radius 2 is 1.91 bits per heavy atom. The summed E-state index contributed by atoms with van der Waals surface area (Å²) in [6, 6.07) is 11.8. The van der Waals surface area contributed by atoms with Gasteiger partial charge in [0.1, 0.15) is 24.2 Å². The molecule has 1 atom stereocenters. The number of hydrogen-bond acceptors (Lipinski definition) is 5. The second-order valence-electron chi connectivity index (χ2n) is 8.12. The molecule has 4 N–H and O–H groups in total. The quantitative estimate of drug-likeness (QED) is 0.404. The average molecular weight is 452 g/mol. The molecule has 0 radical (unpaired) electrons. The summed E-state index contributed by atoms with van der Waals surface area (Å²) in [6.07, 6.45) is 0.303. The smallest absolute Gasteiger partial charge is 0.245 e. The summed E-state index contributed by atoms with van der Waals surface area (Å²) in [5.74, 6) is -0.142. The van der Waals surface area contributed by atoms with Gasteiger partial charge in [-0.15, -0.1) is 0 Å². The first kappa shape index (κ1) is 23.8. The van der Waals surface area contributed by atoms with E-state index in [0.717, 1.165) is 16.7 Å². The Balaban J connectivity index is 1.69. The van der Waals surface area contributed by atoms with Crippen LogP contribution in [0.3, 0.4) is 0 Å². The highest BCUT2D eigenvalue weighted by molar-refractivity contribution is 5.97. The third-order valence-corrected chi connectivity index (χ3v) is 5.76. The van der Waals surface area contributed by atoms with Crippen LogP contribution < -0.4 is 15.8 Å². The number of nitrogen functional groups attached to an aromatic ring is 1. The number of rotatable bonds is 8. The monoisotopic (exact) mass is 451 g/mol. The number of ether oxygens (including phenoxy) is 1. The second-order valence-corrected chi connectivity index (χ2v) is 8.12. The van der Waals surface area contributed by atoms with Crippen molar-refractivity contribution in [2.75, 3.05) is 27.2 Å². The lowest BCUT2D eigenvalue weighted by molar-refractivity contribution is -0.155. The molecule has 9 heteroatoms. The maximum Gasteiger partial charge on any atom is 0.245 e. The van der Waals surface area contributed by atoms with Crippen LogP contribution >= 0.6 is 0 Å². The van der Waals surface area contributed by atoms with Gasteiger partial charge in [-0.05, 0) is 41.8 Å². The minimum atomic E-state index is -0.757. The molecule has 1 saturated heterocycles. The molecule has 1 fully saturated rings. The predicted octanol–water partition coefficient (Wildman–Crippen LogP) is 0.816. The van der Waals surface area contributed by atoms with Crippen LogP contribution in [0.25, 0.3) is 0 Å². The third-order valence-electron chi connectivity index (χ3n) is 5.76. The van der Waals surface area contributed by atoms with Crippen molar-refractivity contribution >= 4 is 23.6 Å². The van der Waals surface area contributed by atoms with E-state index < -0.39 is 6.04 Å². The predicted molar refractivity (Wildman–Crippen MR) is 124 cm³/mol. The first-order valence-electron chi connectivity index (χ1n) is 10.6. The van der Waals surface area contributed by atoms with Gasteiger partial charge in [-0.25, -0.2) is 0 Å². The van der Waals surface area contributed by atoms with Crippen LogP contribution in [0.4, 0.5) is 0 Å². The maximum atomic E-state index is 12.8. The molecule has 2 aromatic rings. The number of aryl methyl sites for hydroxylation is 1. The zero-order valence-corrected chi connectivity index (χ0v) is 19.1. The van der Waals surface area contributed by atoms with Crippen molar-refractivity contribution < 1.29 is 19.1 Å². The number of amides is 3. The number of nitrogens with zero attached hydrogens (tertiary/aromatic N) is 2. The molecule has 0 bridgehead atoms. The van der Waals surface area contributed by atoms with Crippen LogP contribution in [0.1, 0.15) is 22.3 Å². The number of likely N-dealkylation sites (N-methyl/N-ethyl adjacent to an activating group) is 1. The molecule has 0 unspecified atom stereocenters. The first-order chi connectivity index (χ1) is 15.7. The van der Waals surface area contributed by atoms with E-state index >= 15 is 0 Å². The van der Waals surface area contributed by atoms with Gasteiger partial charge in [-0.1, -0.05) is 24.3 Å². The molecule has 0 aromatic heterocycles. The molecule has 0 saturated carbocycles. The van der Waals surface area contributed by atoms with E-state index in [0.29, 0.717) is 17.7 Å². The Bertz CT molecular complexity index is 1070. The van der Waals surface area contributed by atoms with E-state index in [-0.39, 0.29) is 43.2 Å². The standard InChI is InChI=1S/C24H29N5O4/c1-15-10-17(23(25)26)6-7-18(15)12-27-21(30)13-29-20(24(32)28(2)14-22(29)31)11-16-4-8-19(33-3)9-5-16/h4-10,20H,11-14H2,1-3H3,(H3,25,26)(H,27,30)/t20-/m0/s1. The van der Waals surface area contributed by atoms with Gasteiger partial charge in [0.05, 0.1) is 13.7 Å². The number of nitrogens with two attached hydrogens (primary N) is 1. The summed E-state index contributed by atoms with van der Waals surface area (Å²) >= 11 is 0. The lowest BCUT2D eigenvalue weighted by atomic mass is 10.0. The van der Waals surface area contributed by atoms with Crippen LogP contribution in [-0.4, -0.2) is 66.6 Å². The van der Waals surface area contributed by atoms with E-state index in [4.69, 9.17) is 15.9 Å². The van der Waals surface area contributed by atoms with E-state index in [2.05, 4.69) is 5.32 Å². The number of nitrogens with one attached hydrogen (secondary N) is 2. The van der Waals surface area contributed by atoms with Crippen molar-refractivity contribution in [3.63, 3.8) is 0 Å². The van der Waals surface area contributed by atoms with E-state index in [9.17, 15) is 14.4 Å². The van der Waals surface area contributed by atoms with Crippen molar-refractivity contribution in [1.82, 2.24) is 15.1 Å². The normalized spacial score (nSPS) is 16.0. The Hall–Kier alpha value is -3.88. The number of piperazine rings is 1. The molecule has 1 aliphatic rings. The first-order valence-corrected chi connectivity index (χ1v) is 10.6. The molecule has 1 heterocycles. The summed E-state index contributed by atoms with van der Waals surface area (Å²) in [5, 5.41) is 10.3. The van der Waals surface area contributed by atoms with Crippen LogP contribution in [0.2, 0.25) is 0 Å². The minimum Gasteiger partial charge on any atom is -0.497 e. The highest BCUT2D eigenvalue weighted by atomic mass is 16.5. The van der Waals surface area contributed by atoms with Gasteiger partial charge in [-0.2, -0.15) is 0 Å². The fourth-order valence-corrected chi connectivity index (χ4v) is 3.78. The zero-order valence-electron chi connectivity index (χ0n) is 19.1. The van der Waals surface area contributed by atoms with E-state index in [1.807, 2.05) is 25.1 Å². The fraction of sp³-hybridized carbons (Fsp3) is 0.333. The van der Waals surface area contributed by atoms with Crippen molar-refractivity contribution in [3.05, 3.63) is 64.7 Å². The Morgan fingerprint density at radius 3 is 2.52 bits per heavy atom. The summed E-state index contributed by atoms with van der Waals surface area (Å²) in [4.78, 5) is 41.0. The lowest BCUT2D eigenvalue weighted by Crippen LogP contribution is -2.61. The Morgan fingerprint density at radius 1 is 1.21 bits per heavy atom. The zero-order chi connectivity index (χ0) is 24.1. The molecule has 1 aliphatic heterocycles. The van der Waals surface area contributed by atoms with Gasteiger partial charge in [-0.3, -0.25) is 19.8 Å². The highest BCUT2D eigenvalue weighted by Crippen LogP contribution is 2.19. The van der Waals surface area contributed by atoms with Gasteiger partial charge in [0, 0.05) is 25.6 Å². The second kappa shape index (κ2) is 10.2. The van der Waals surface area contributed by atoms with Gasteiger partial charge < -0.3 is 25.6 Å². The van der Waals surface area contributed by atoms with Crippen LogP contribution in [-0.2, 0) is 27.3 Å². The summed E-state index contributed by atoms with van der Waals surface area (Å²) in [5.41, 5.74) is 8.77. The topological polar surface area (TPSA) is 129 Å². The highest BCUT2D eigenvalue weighted by Gasteiger charge is 2.38. The summed E-state index contributed by atoms with van der Waals surface area (Å²) in [7, 11) is 3.17. The third kappa shape index (κ3) is 5.68. The molecule has 0 spiro atoms. The number of benzene rings is 2. The SMILES string of the molecule is COc1ccc(C[C@H]2C(=O)N(C)CC(=O)N2CC(=O)NCc2ccc(C(=N)N)cc2C)cc1. The molecular formula is C24H29N5O4. The molecule has 174 valence electrons. The number of amidine groups is 1. The van der Waals surface area contributed by atoms with E-state index in [1.165, 1.54) is 9.80 Å². The van der Waals surface area contributed by atoms with Gasteiger partial charge in [0.2, 0.25) is 17.7 Å². The summed E-state index contributed by atoms with van der Waals surface area (Å²) < 4.78 is 5.17. The average Bonchev–Trinajstić information content (AvgIpc) is 2.79. The van der Waals surface area contributed by atoms with Crippen LogP contribution in [0, 0.1) is 12.3 Å². The number of carbonyl (C=O) groups is 3. The maximum absolute atomic E-state index is 12.8. The van der Waals surface area contributed by atoms with Gasteiger partial charge >= 0.3 is 0 Å². The van der Waals surface area contributed by atoms with Crippen molar-refractivity contribution in [1.29, 1.82) is 5.41 Å². The van der Waals surface area contributed by atoms with E-state index in [1.54, 1.807) is 38.4 Å². The molecule has 3 rings (SSSR count). The molecule has 9 nitrogen and oxygen atoms in total. The Kier molecular flexibility index (Phi) is 7.32. The largest absolute Gasteiger partial charge is 0.497 e. The van der Waals surface area contributed by atoms with Crippen molar-refractivity contribution in [2.45, 2.75) is 25.9 Å². The summed E-state index contributed by atoms with van der Waals surface area (Å²) in [6.45, 7) is 1.88. The minimum absolute atomic E-state index is 0.0187. The molecule has 0 aliphatic carbocycles. The van der Waals surface area contributed by atoms with Gasteiger partial charge in [0.25, 0.3) is 0 Å². The molecule has 33 heavy (non-hydrogen) atoms. The fourth-order valence-electron chi connectivity index (χ4n) is 3.78. The van der Waals surface area contributed by atoms with Crippen LogP contribution in [0.15, 0.2) is 42.5 Å².